The fourth-order valence-electron chi connectivity index (χ4n) is 2.37. The van der Waals surface area contributed by atoms with Crippen LogP contribution in [-0.4, -0.2) is 11.6 Å². The lowest BCUT2D eigenvalue weighted by atomic mass is 9.89. The summed E-state index contributed by atoms with van der Waals surface area (Å²) >= 11 is 0. The summed E-state index contributed by atoms with van der Waals surface area (Å²) < 4.78 is 0. The van der Waals surface area contributed by atoms with Gasteiger partial charge in [-0.2, -0.15) is 0 Å². The van der Waals surface area contributed by atoms with Crippen LogP contribution >= 0.6 is 0 Å². The molecule has 0 saturated carbocycles. The van der Waals surface area contributed by atoms with Crippen molar-refractivity contribution in [1.82, 2.24) is 0 Å². The molecular formula is C17H12O2. The van der Waals surface area contributed by atoms with Crippen LogP contribution in [0.2, 0.25) is 0 Å². The molecule has 0 amide bonds. The van der Waals surface area contributed by atoms with Crippen LogP contribution in [0.5, 0.6) is 0 Å². The van der Waals surface area contributed by atoms with Gasteiger partial charge in [0.2, 0.25) is 0 Å². The number of benzene rings is 2. The molecule has 0 radical (unpaired) electrons. The molecule has 0 fully saturated rings. The van der Waals surface area contributed by atoms with Crippen molar-refractivity contribution < 1.29 is 9.59 Å². The van der Waals surface area contributed by atoms with Crippen LogP contribution in [0, 0.1) is 0 Å². The summed E-state index contributed by atoms with van der Waals surface area (Å²) in [5, 5.41) is 2.18. The molecule has 92 valence electrons. The van der Waals surface area contributed by atoms with Gasteiger partial charge in [0.1, 0.15) is 0 Å². The Labute approximate surface area is 111 Å². The molecular weight excluding hydrogens is 236 g/mol. The van der Waals surface area contributed by atoms with Crippen LogP contribution in [0.25, 0.3) is 16.3 Å². The van der Waals surface area contributed by atoms with Gasteiger partial charge >= 0.3 is 0 Å². The summed E-state index contributed by atoms with van der Waals surface area (Å²) in [6.07, 6.45) is 2.68. The summed E-state index contributed by atoms with van der Waals surface area (Å²) in [7, 11) is 0. The molecule has 3 rings (SSSR count). The molecule has 2 nitrogen and oxygen atoms in total. The van der Waals surface area contributed by atoms with Crippen LogP contribution in [0.3, 0.4) is 0 Å². The van der Waals surface area contributed by atoms with E-state index in [0.717, 1.165) is 16.3 Å². The van der Waals surface area contributed by atoms with Crippen molar-refractivity contribution in [3.63, 3.8) is 0 Å². The zero-order chi connectivity index (χ0) is 13.4. The minimum absolute atomic E-state index is 0.0947. The van der Waals surface area contributed by atoms with Gasteiger partial charge in [0.25, 0.3) is 0 Å². The molecule has 2 heteroatoms. The zero-order valence-corrected chi connectivity index (χ0v) is 10.5. The average Bonchev–Trinajstić information content (AvgIpc) is 2.43. The third-order valence-electron chi connectivity index (χ3n) is 3.42. The molecule has 2 aromatic carbocycles. The number of carbonyl (C=O) groups excluding carboxylic acids is 2. The highest BCUT2D eigenvalue weighted by atomic mass is 16.1. The number of hydrogen-bond donors (Lipinski definition) is 0. The molecule has 1 aliphatic carbocycles. The fourth-order valence-corrected chi connectivity index (χ4v) is 2.37. The third-order valence-corrected chi connectivity index (χ3v) is 3.42. The molecule has 0 aromatic heterocycles. The number of fused-ring (bicyclic) bond motifs is 1. The first-order valence-electron chi connectivity index (χ1n) is 6.13. The second kappa shape index (κ2) is 4.32. The second-order valence-electron chi connectivity index (χ2n) is 4.62. The fraction of sp³-hybridized carbons (Fsp3) is 0.0588. The highest BCUT2D eigenvalue weighted by Gasteiger charge is 2.20. The third kappa shape index (κ3) is 1.91. The maximum atomic E-state index is 12.0. The van der Waals surface area contributed by atoms with Gasteiger partial charge in [-0.1, -0.05) is 36.4 Å². The maximum absolute atomic E-state index is 12.0. The Hall–Kier alpha value is -2.48. The maximum Gasteiger partial charge on any atom is 0.186 e. The highest BCUT2D eigenvalue weighted by molar-refractivity contribution is 6.36. The van der Waals surface area contributed by atoms with Crippen LogP contribution in [0.1, 0.15) is 12.5 Å². The van der Waals surface area contributed by atoms with E-state index in [4.69, 9.17) is 0 Å². The largest absolute Gasteiger partial charge is 0.290 e. The molecule has 0 heterocycles. The first-order valence-corrected chi connectivity index (χ1v) is 6.13. The van der Waals surface area contributed by atoms with Gasteiger partial charge in [-0.05, 0) is 41.5 Å². The molecule has 0 unspecified atom stereocenters. The summed E-state index contributed by atoms with van der Waals surface area (Å²) in [5.74, 6) is -0.199. The molecule has 1 aliphatic rings. The predicted molar refractivity (Wildman–Crippen MR) is 75.7 cm³/mol. The van der Waals surface area contributed by atoms with E-state index in [1.807, 2.05) is 42.5 Å². The number of ketones is 2. The SMILES string of the molecule is CC1=C(c2ccc3ccccc3c2)C(=O)C=CC1=O. The summed E-state index contributed by atoms with van der Waals surface area (Å²) in [5.41, 5.74) is 1.83. The number of allylic oxidation sites excluding steroid dienone is 4. The van der Waals surface area contributed by atoms with Crippen molar-refractivity contribution in [3.05, 3.63) is 65.8 Å². The van der Waals surface area contributed by atoms with E-state index in [1.54, 1.807) is 6.92 Å². The Balaban J connectivity index is 2.21. The minimum Gasteiger partial charge on any atom is -0.290 e. The lowest BCUT2D eigenvalue weighted by Crippen LogP contribution is -2.11. The predicted octanol–water partition coefficient (Wildman–Crippen LogP) is 3.32. The van der Waals surface area contributed by atoms with Crippen molar-refractivity contribution in [3.8, 4) is 0 Å². The lowest BCUT2D eigenvalue weighted by Gasteiger charge is -2.12. The van der Waals surface area contributed by atoms with Crippen LogP contribution in [-0.2, 0) is 9.59 Å². The molecule has 0 saturated heterocycles. The van der Waals surface area contributed by atoms with Gasteiger partial charge in [-0.15, -0.1) is 0 Å². The molecule has 2 aromatic rings. The lowest BCUT2D eigenvalue weighted by molar-refractivity contribution is -0.113. The van der Waals surface area contributed by atoms with Gasteiger partial charge in [0.05, 0.1) is 0 Å². The number of rotatable bonds is 1. The first-order chi connectivity index (χ1) is 9.16. The van der Waals surface area contributed by atoms with Crippen molar-refractivity contribution in [1.29, 1.82) is 0 Å². The standard InChI is InChI=1S/C17H12O2/c1-11-15(18)8-9-16(19)17(11)14-7-6-12-4-2-3-5-13(12)10-14/h2-10H,1H3. The molecule has 0 N–H and O–H groups in total. The van der Waals surface area contributed by atoms with E-state index in [1.165, 1.54) is 12.2 Å². The van der Waals surface area contributed by atoms with Crippen molar-refractivity contribution in [2.24, 2.45) is 0 Å². The van der Waals surface area contributed by atoms with Crippen LogP contribution in [0.15, 0.2) is 60.2 Å². The van der Waals surface area contributed by atoms with E-state index in [9.17, 15) is 9.59 Å². The monoisotopic (exact) mass is 248 g/mol. The number of carbonyl (C=O) groups is 2. The molecule has 0 bridgehead atoms. The van der Waals surface area contributed by atoms with E-state index in [0.29, 0.717) is 11.1 Å². The van der Waals surface area contributed by atoms with Crippen molar-refractivity contribution in [2.45, 2.75) is 6.92 Å². The zero-order valence-electron chi connectivity index (χ0n) is 10.5. The second-order valence-corrected chi connectivity index (χ2v) is 4.62. The van der Waals surface area contributed by atoms with Gasteiger partial charge in [-0.25, -0.2) is 0 Å². The Bertz CT molecular complexity index is 764. The Kier molecular flexibility index (Phi) is 2.64. The molecule has 0 spiro atoms. The Morgan fingerprint density at radius 1 is 0.789 bits per heavy atom. The molecule has 19 heavy (non-hydrogen) atoms. The minimum atomic E-state index is -0.104. The van der Waals surface area contributed by atoms with E-state index < -0.39 is 0 Å². The van der Waals surface area contributed by atoms with Gasteiger partial charge < -0.3 is 0 Å². The van der Waals surface area contributed by atoms with Crippen LogP contribution in [0.4, 0.5) is 0 Å². The number of hydrogen-bond acceptors (Lipinski definition) is 2. The van der Waals surface area contributed by atoms with E-state index >= 15 is 0 Å². The van der Waals surface area contributed by atoms with E-state index in [2.05, 4.69) is 0 Å². The van der Waals surface area contributed by atoms with Gasteiger partial charge in [0, 0.05) is 11.1 Å². The van der Waals surface area contributed by atoms with Gasteiger partial charge in [-0.3, -0.25) is 9.59 Å². The average molecular weight is 248 g/mol. The molecule has 0 aliphatic heterocycles. The van der Waals surface area contributed by atoms with Gasteiger partial charge in [0.15, 0.2) is 11.6 Å². The first kappa shape index (κ1) is 11.6. The Morgan fingerprint density at radius 2 is 1.47 bits per heavy atom. The van der Waals surface area contributed by atoms with Crippen molar-refractivity contribution in [2.75, 3.05) is 0 Å². The smallest absolute Gasteiger partial charge is 0.186 e. The molecule has 0 atom stereocenters. The Morgan fingerprint density at radius 3 is 2.26 bits per heavy atom. The van der Waals surface area contributed by atoms with Crippen molar-refractivity contribution >= 4 is 27.9 Å². The quantitative estimate of drug-likeness (QED) is 0.725. The summed E-state index contributed by atoms with van der Waals surface area (Å²) in [6, 6.07) is 13.8. The summed E-state index contributed by atoms with van der Waals surface area (Å²) in [4.78, 5) is 23.7. The van der Waals surface area contributed by atoms with Crippen LogP contribution < -0.4 is 0 Å². The van der Waals surface area contributed by atoms with E-state index in [-0.39, 0.29) is 11.6 Å². The summed E-state index contributed by atoms with van der Waals surface area (Å²) in [6.45, 7) is 1.70. The normalized spacial score (nSPS) is 15.4. The highest BCUT2D eigenvalue weighted by Crippen LogP contribution is 2.27. The topological polar surface area (TPSA) is 34.1 Å².